The van der Waals surface area contributed by atoms with E-state index in [4.69, 9.17) is 0 Å². The Kier molecular flexibility index (Phi) is 4.18. The summed E-state index contributed by atoms with van der Waals surface area (Å²) in [7, 11) is 1.95. The largest absolute Gasteiger partial charge is 0.392 e. The van der Waals surface area contributed by atoms with Gasteiger partial charge >= 0.3 is 0 Å². The minimum Gasteiger partial charge on any atom is -0.392 e. The Morgan fingerprint density at radius 1 is 1.53 bits per heavy atom. The molecule has 1 unspecified atom stereocenters. The Hall–Kier alpha value is -0.870. The number of nitrogens with zero attached hydrogens (tertiary/aromatic N) is 2. The first kappa shape index (κ1) is 12.6. The molecule has 96 valence electrons. The zero-order valence-corrected chi connectivity index (χ0v) is 10.8. The standard InChI is InChI=1S/C13H23N3O/c1-10-12(8-15-16(10)2)7-14-9-13(17)11-5-3-4-6-11/h8,11,13-14,17H,3-7,9H2,1-2H3. The van der Waals surface area contributed by atoms with Crippen LogP contribution in [0.4, 0.5) is 0 Å². The van der Waals surface area contributed by atoms with Crippen molar-refractivity contribution in [3.63, 3.8) is 0 Å². The van der Waals surface area contributed by atoms with Crippen molar-refractivity contribution in [3.05, 3.63) is 17.5 Å². The summed E-state index contributed by atoms with van der Waals surface area (Å²) in [4.78, 5) is 0. The van der Waals surface area contributed by atoms with Crippen molar-refractivity contribution in [1.82, 2.24) is 15.1 Å². The van der Waals surface area contributed by atoms with Gasteiger partial charge in [0.25, 0.3) is 0 Å². The molecule has 1 atom stereocenters. The van der Waals surface area contributed by atoms with Gasteiger partial charge in [-0.15, -0.1) is 0 Å². The van der Waals surface area contributed by atoms with Gasteiger partial charge in [0.2, 0.25) is 0 Å². The summed E-state index contributed by atoms with van der Waals surface area (Å²) in [6.07, 6.45) is 6.65. The highest BCUT2D eigenvalue weighted by molar-refractivity contribution is 5.15. The van der Waals surface area contributed by atoms with E-state index >= 15 is 0 Å². The number of aliphatic hydroxyl groups is 1. The van der Waals surface area contributed by atoms with Crippen molar-refractivity contribution < 1.29 is 5.11 Å². The maximum Gasteiger partial charge on any atom is 0.0692 e. The van der Waals surface area contributed by atoms with Gasteiger partial charge in [-0.2, -0.15) is 5.10 Å². The van der Waals surface area contributed by atoms with Crippen LogP contribution in [-0.4, -0.2) is 27.5 Å². The Morgan fingerprint density at radius 3 is 2.82 bits per heavy atom. The first-order valence-corrected chi connectivity index (χ1v) is 6.54. The molecule has 0 aromatic carbocycles. The second-order valence-electron chi connectivity index (χ2n) is 5.12. The third kappa shape index (κ3) is 3.07. The number of rotatable bonds is 5. The Bertz CT molecular complexity index is 356. The van der Waals surface area contributed by atoms with E-state index in [0.717, 1.165) is 6.54 Å². The minimum absolute atomic E-state index is 0.186. The first-order valence-electron chi connectivity index (χ1n) is 6.54. The van der Waals surface area contributed by atoms with Crippen LogP contribution in [0.5, 0.6) is 0 Å². The second-order valence-corrected chi connectivity index (χ2v) is 5.12. The van der Waals surface area contributed by atoms with Crippen LogP contribution < -0.4 is 5.32 Å². The van der Waals surface area contributed by atoms with Crippen LogP contribution in [0, 0.1) is 12.8 Å². The molecule has 2 N–H and O–H groups in total. The fourth-order valence-electron chi connectivity index (χ4n) is 2.58. The van der Waals surface area contributed by atoms with Crippen molar-refractivity contribution in [3.8, 4) is 0 Å². The van der Waals surface area contributed by atoms with Crippen LogP contribution in [0.25, 0.3) is 0 Å². The fourth-order valence-corrected chi connectivity index (χ4v) is 2.58. The van der Waals surface area contributed by atoms with E-state index in [0.29, 0.717) is 12.5 Å². The highest BCUT2D eigenvalue weighted by Gasteiger charge is 2.22. The molecule has 1 aromatic heterocycles. The number of aromatic nitrogens is 2. The SMILES string of the molecule is Cc1c(CNCC(O)C2CCCC2)cnn1C. The Morgan fingerprint density at radius 2 is 2.24 bits per heavy atom. The van der Waals surface area contributed by atoms with E-state index in [2.05, 4.69) is 17.3 Å². The van der Waals surface area contributed by atoms with Crippen LogP contribution in [0.3, 0.4) is 0 Å². The molecule has 0 radical (unpaired) electrons. The van der Waals surface area contributed by atoms with Crippen LogP contribution in [-0.2, 0) is 13.6 Å². The van der Waals surface area contributed by atoms with Crippen molar-refractivity contribution in [2.24, 2.45) is 13.0 Å². The molecule has 0 spiro atoms. The van der Waals surface area contributed by atoms with Gasteiger partial charge in [0.05, 0.1) is 12.3 Å². The molecule has 0 amide bonds. The van der Waals surface area contributed by atoms with Gasteiger partial charge in [0.15, 0.2) is 0 Å². The maximum atomic E-state index is 10.0. The second kappa shape index (κ2) is 5.65. The average molecular weight is 237 g/mol. The zero-order valence-electron chi connectivity index (χ0n) is 10.8. The highest BCUT2D eigenvalue weighted by Crippen LogP contribution is 2.27. The molecule has 17 heavy (non-hydrogen) atoms. The lowest BCUT2D eigenvalue weighted by molar-refractivity contribution is 0.109. The van der Waals surface area contributed by atoms with E-state index in [9.17, 15) is 5.11 Å². The summed E-state index contributed by atoms with van der Waals surface area (Å²) >= 11 is 0. The smallest absolute Gasteiger partial charge is 0.0692 e. The van der Waals surface area contributed by atoms with Crippen LogP contribution in [0.15, 0.2) is 6.20 Å². The van der Waals surface area contributed by atoms with Crippen molar-refractivity contribution in [1.29, 1.82) is 0 Å². The maximum absolute atomic E-state index is 10.0. The van der Waals surface area contributed by atoms with Crippen molar-refractivity contribution >= 4 is 0 Å². The van der Waals surface area contributed by atoms with Gasteiger partial charge in [0, 0.05) is 31.4 Å². The number of aliphatic hydroxyl groups excluding tert-OH is 1. The molecule has 0 saturated heterocycles. The lowest BCUT2D eigenvalue weighted by atomic mass is 10.0. The molecule has 0 aliphatic heterocycles. The van der Waals surface area contributed by atoms with Crippen LogP contribution in [0.2, 0.25) is 0 Å². The van der Waals surface area contributed by atoms with E-state index in [-0.39, 0.29) is 6.10 Å². The van der Waals surface area contributed by atoms with E-state index in [1.54, 1.807) is 0 Å². The van der Waals surface area contributed by atoms with E-state index in [1.807, 2.05) is 17.9 Å². The third-order valence-corrected chi connectivity index (χ3v) is 3.95. The predicted molar refractivity (Wildman–Crippen MR) is 67.6 cm³/mol. The summed E-state index contributed by atoms with van der Waals surface area (Å²) < 4.78 is 1.88. The van der Waals surface area contributed by atoms with Gasteiger partial charge in [-0.25, -0.2) is 0 Å². The summed E-state index contributed by atoms with van der Waals surface area (Å²) in [6.45, 7) is 3.56. The molecule has 1 heterocycles. The number of nitrogens with one attached hydrogen (secondary N) is 1. The normalized spacial score (nSPS) is 18.8. The molecular formula is C13H23N3O. The monoisotopic (exact) mass is 237 g/mol. The molecule has 1 aromatic rings. The summed E-state index contributed by atoms with van der Waals surface area (Å²) in [5.74, 6) is 0.512. The third-order valence-electron chi connectivity index (χ3n) is 3.95. The molecule has 2 rings (SSSR count). The Balaban J connectivity index is 1.73. The fraction of sp³-hybridized carbons (Fsp3) is 0.769. The minimum atomic E-state index is -0.186. The molecule has 4 heteroatoms. The van der Waals surface area contributed by atoms with Crippen molar-refractivity contribution in [2.75, 3.05) is 6.54 Å². The van der Waals surface area contributed by atoms with Crippen LogP contribution >= 0.6 is 0 Å². The number of hydrogen-bond donors (Lipinski definition) is 2. The highest BCUT2D eigenvalue weighted by atomic mass is 16.3. The Labute approximate surface area is 103 Å². The van der Waals surface area contributed by atoms with Gasteiger partial charge in [0.1, 0.15) is 0 Å². The van der Waals surface area contributed by atoms with Gasteiger partial charge in [-0.3, -0.25) is 4.68 Å². The zero-order chi connectivity index (χ0) is 12.3. The molecule has 4 nitrogen and oxygen atoms in total. The molecule has 1 saturated carbocycles. The van der Waals surface area contributed by atoms with Gasteiger partial charge in [-0.1, -0.05) is 12.8 Å². The number of hydrogen-bond acceptors (Lipinski definition) is 3. The van der Waals surface area contributed by atoms with Gasteiger partial charge in [-0.05, 0) is 25.7 Å². The first-order chi connectivity index (χ1) is 8.18. The lowest BCUT2D eigenvalue weighted by Gasteiger charge is -2.18. The molecule has 1 fully saturated rings. The molecular weight excluding hydrogens is 214 g/mol. The number of aryl methyl sites for hydroxylation is 1. The average Bonchev–Trinajstić information content (AvgIpc) is 2.93. The van der Waals surface area contributed by atoms with Gasteiger partial charge < -0.3 is 10.4 Å². The predicted octanol–water partition coefficient (Wildman–Crippen LogP) is 1.37. The molecule has 1 aliphatic rings. The van der Waals surface area contributed by atoms with E-state index < -0.39 is 0 Å². The van der Waals surface area contributed by atoms with Crippen molar-refractivity contribution in [2.45, 2.75) is 45.3 Å². The quantitative estimate of drug-likeness (QED) is 0.813. The molecule has 1 aliphatic carbocycles. The topological polar surface area (TPSA) is 50.1 Å². The van der Waals surface area contributed by atoms with Crippen LogP contribution in [0.1, 0.15) is 36.9 Å². The van der Waals surface area contributed by atoms with E-state index in [1.165, 1.54) is 36.9 Å². The lowest BCUT2D eigenvalue weighted by Crippen LogP contribution is -2.31. The summed E-state index contributed by atoms with van der Waals surface area (Å²) in [6, 6.07) is 0. The summed E-state index contributed by atoms with van der Waals surface area (Å²) in [5.41, 5.74) is 2.40. The summed E-state index contributed by atoms with van der Waals surface area (Å²) in [5, 5.41) is 17.6. The molecule has 0 bridgehead atoms.